The fourth-order valence-corrected chi connectivity index (χ4v) is 3.27. The summed E-state index contributed by atoms with van der Waals surface area (Å²) in [7, 11) is 0. The molecule has 0 radical (unpaired) electrons. The minimum atomic E-state index is 0.392. The Morgan fingerprint density at radius 3 is 1.62 bits per heavy atom. The van der Waals surface area contributed by atoms with Gasteiger partial charge in [-0.1, -0.05) is 74.5 Å². The first-order valence-corrected chi connectivity index (χ1v) is 8.00. The van der Waals surface area contributed by atoms with Gasteiger partial charge in [0.15, 0.2) is 0 Å². The highest BCUT2D eigenvalue weighted by Crippen LogP contribution is 2.36. The lowest BCUT2D eigenvalue weighted by Crippen LogP contribution is -2.40. The molecule has 0 bridgehead atoms. The molecule has 0 aromatic heterocycles. The van der Waals surface area contributed by atoms with E-state index in [2.05, 4.69) is 79.4 Å². The third-order valence-corrected chi connectivity index (χ3v) is 4.75. The summed E-state index contributed by atoms with van der Waals surface area (Å²) in [4.78, 5) is 2.65. The largest absolute Gasteiger partial charge is 0.292 e. The van der Waals surface area contributed by atoms with Gasteiger partial charge in [-0.05, 0) is 42.5 Å². The van der Waals surface area contributed by atoms with Crippen LogP contribution in [0.5, 0.6) is 0 Å². The van der Waals surface area contributed by atoms with Crippen molar-refractivity contribution in [2.75, 3.05) is 13.1 Å². The van der Waals surface area contributed by atoms with E-state index in [4.69, 9.17) is 0 Å². The Bertz CT molecular complexity index is 509. The van der Waals surface area contributed by atoms with Crippen molar-refractivity contribution in [1.82, 2.24) is 4.90 Å². The third kappa shape index (κ3) is 3.36. The van der Waals surface area contributed by atoms with E-state index < -0.39 is 0 Å². The zero-order chi connectivity index (χ0) is 14.7. The van der Waals surface area contributed by atoms with E-state index in [0.29, 0.717) is 11.5 Å². The fourth-order valence-electron chi connectivity index (χ4n) is 3.27. The molecular formula is C20H25N. The molecule has 2 aromatic rings. The zero-order valence-corrected chi connectivity index (χ0v) is 13.1. The first-order valence-electron chi connectivity index (χ1n) is 8.00. The Morgan fingerprint density at radius 1 is 0.762 bits per heavy atom. The topological polar surface area (TPSA) is 3.24 Å². The molecule has 1 aliphatic heterocycles. The summed E-state index contributed by atoms with van der Waals surface area (Å²) in [5.41, 5.74) is 3.31. The van der Waals surface area contributed by atoms with Crippen LogP contribution >= 0.6 is 0 Å². The lowest BCUT2D eigenvalue weighted by molar-refractivity contribution is 0.108. The lowest BCUT2D eigenvalue weighted by atomic mass is 9.81. The maximum absolute atomic E-state index is 2.65. The Balaban J connectivity index is 1.91. The molecule has 0 saturated carbocycles. The highest BCUT2D eigenvalue weighted by atomic mass is 15.2. The lowest BCUT2D eigenvalue weighted by Gasteiger charge is -2.41. The van der Waals surface area contributed by atoms with E-state index in [9.17, 15) is 0 Å². The molecule has 1 saturated heterocycles. The molecule has 1 heterocycles. The Kier molecular flexibility index (Phi) is 4.12. The molecule has 1 heteroatoms. The van der Waals surface area contributed by atoms with Crippen molar-refractivity contribution in [2.45, 2.75) is 32.7 Å². The molecule has 110 valence electrons. The number of rotatable bonds is 3. The first kappa shape index (κ1) is 14.3. The summed E-state index contributed by atoms with van der Waals surface area (Å²) in [6, 6.07) is 22.2. The van der Waals surface area contributed by atoms with Gasteiger partial charge in [0.2, 0.25) is 0 Å². The van der Waals surface area contributed by atoms with Crippen LogP contribution in [0.3, 0.4) is 0 Å². The molecule has 2 aromatic carbocycles. The maximum atomic E-state index is 2.65. The van der Waals surface area contributed by atoms with Crippen molar-refractivity contribution in [3.05, 3.63) is 71.8 Å². The van der Waals surface area contributed by atoms with Crippen molar-refractivity contribution < 1.29 is 0 Å². The van der Waals surface area contributed by atoms with E-state index >= 15 is 0 Å². The molecule has 0 N–H and O–H groups in total. The molecule has 0 atom stereocenters. The van der Waals surface area contributed by atoms with Gasteiger partial charge in [-0.25, -0.2) is 0 Å². The summed E-state index contributed by atoms with van der Waals surface area (Å²) in [5, 5.41) is 0. The molecule has 3 rings (SSSR count). The minimum absolute atomic E-state index is 0.392. The number of nitrogens with zero attached hydrogens (tertiary/aromatic N) is 1. The van der Waals surface area contributed by atoms with Crippen molar-refractivity contribution in [3.63, 3.8) is 0 Å². The average molecular weight is 279 g/mol. The van der Waals surface area contributed by atoms with Crippen molar-refractivity contribution in [2.24, 2.45) is 5.41 Å². The van der Waals surface area contributed by atoms with E-state index in [1.165, 1.54) is 37.1 Å². The summed E-state index contributed by atoms with van der Waals surface area (Å²) >= 11 is 0. The van der Waals surface area contributed by atoms with Crippen LogP contribution in [0.1, 0.15) is 43.9 Å². The van der Waals surface area contributed by atoms with E-state index in [1.54, 1.807) is 0 Å². The second-order valence-electron chi connectivity index (χ2n) is 6.92. The maximum Gasteiger partial charge on any atom is 0.0601 e. The minimum Gasteiger partial charge on any atom is -0.292 e. The van der Waals surface area contributed by atoms with Gasteiger partial charge in [-0.15, -0.1) is 0 Å². The van der Waals surface area contributed by atoms with Crippen molar-refractivity contribution in [3.8, 4) is 0 Å². The summed E-state index contributed by atoms with van der Waals surface area (Å²) in [5.74, 6) is 0. The van der Waals surface area contributed by atoms with Crippen LogP contribution in [-0.2, 0) is 0 Å². The van der Waals surface area contributed by atoms with Crippen molar-refractivity contribution in [1.29, 1.82) is 0 Å². The predicted molar refractivity (Wildman–Crippen MR) is 89.3 cm³/mol. The van der Waals surface area contributed by atoms with Crippen LogP contribution in [0.2, 0.25) is 0 Å². The van der Waals surface area contributed by atoms with E-state index in [1.807, 2.05) is 0 Å². The highest BCUT2D eigenvalue weighted by Gasteiger charge is 2.30. The van der Waals surface area contributed by atoms with E-state index in [-0.39, 0.29) is 0 Å². The SMILES string of the molecule is CC1(C)CCN(C(c2ccccc2)c2ccccc2)CC1. The van der Waals surface area contributed by atoms with Crippen LogP contribution < -0.4 is 0 Å². The van der Waals surface area contributed by atoms with Gasteiger partial charge in [0.25, 0.3) is 0 Å². The van der Waals surface area contributed by atoms with Gasteiger partial charge >= 0.3 is 0 Å². The van der Waals surface area contributed by atoms with Crippen molar-refractivity contribution >= 4 is 0 Å². The van der Waals surface area contributed by atoms with Gasteiger partial charge in [-0.2, -0.15) is 0 Å². The molecule has 1 fully saturated rings. The predicted octanol–water partition coefficient (Wildman–Crippen LogP) is 4.90. The van der Waals surface area contributed by atoms with Gasteiger partial charge in [0.05, 0.1) is 6.04 Å². The summed E-state index contributed by atoms with van der Waals surface area (Å²) < 4.78 is 0. The van der Waals surface area contributed by atoms with Crippen LogP contribution in [0, 0.1) is 5.41 Å². The zero-order valence-electron chi connectivity index (χ0n) is 13.1. The summed E-state index contributed by atoms with van der Waals surface area (Å²) in [6.45, 7) is 7.15. The Morgan fingerprint density at radius 2 is 1.19 bits per heavy atom. The molecule has 0 spiro atoms. The smallest absolute Gasteiger partial charge is 0.0601 e. The molecule has 0 unspecified atom stereocenters. The molecule has 1 nitrogen and oxygen atoms in total. The average Bonchev–Trinajstić information content (AvgIpc) is 2.51. The van der Waals surface area contributed by atoms with E-state index in [0.717, 1.165) is 0 Å². The molecular weight excluding hydrogens is 254 g/mol. The first-order chi connectivity index (χ1) is 10.2. The van der Waals surface area contributed by atoms with Crippen LogP contribution in [0.4, 0.5) is 0 Å². The number of likely N-dealkylation sites (tertiary alicyclic amines) is 1. The van der Waals surface area contributed by atoms with Crippen LogP contribution in [0.25, 0.3) is 0 Å². The standard InChI is InChI=1S/C20H25N/c1-20(2)13-15-21(16-14-20)19(17-9-5-3-6-10-17)18-11-7-4-8-12-18/h3-12,19H,13-16H2,1-2H3. The number of hydrogen-bond donors (Lipinski definition) is 0. The monoisotopic (exact) mass is 279 g/mol. The molecule has 0 aliphatic carbocycles. The second kappa shape index (κ2) is 6.03. The molecule has 21 heavy (non-hydrogen) atoms. The van der Waals surface area contributed by atoms with Crippen LogP contribution in [0.15, 0.2) is 60.7 Å². The Hall–Kier alpha value is -1.60. The fraction of sp³-hybridized carbons (Fsp3) is 0.400. The number of piperidine rings is 1. The highest BCUT2D eigenvalue weighted by molar-refractivity contribution is 5.31. The summed E-state index contributed by atoms with van der Waals surface area (Å²) in [6.07, 6.45) is 2.56. The van der Waals surface area contributed by atoms with Gasteiger partial charge < -0.3 is 0 Å². The molecule has 1 aliphatic rings. The molecule has 0 amide bonds. The van der Waals surface area contributed by atoms with Gasteiger partial charge in [0, 0.05) is 0 Å². The third-order valence-electron chi connectivity index (χ3n) is 4.75. The number of benzene rings is 2. The quantitative estimate of drug-likeness (QED) is 0.772. The Labute approximate surface area is 128 Å². The van der Waals surface area contributed by atoms with Gasteiger partial charge in [-0.3, -0.25) is 4.90 Å². The van der Waals surface area contributed by atoms with Crippen LogP contribution in [-0.4, -0.2) is 18.0 Å². The second-order valence-corrected chi connectivity index (χ2v) is 6.92. The normalized spacial score (nSPS) is 18.8. The van der Waals surface area contributed by atoms with Gasteiger partial charge in [0.1, 0.15) is 0 Å². The number of hydrogen-bond acceptors (Lipinski definition) is 1.